The smallest absolute Gasteiger partial charge is 0.136 e. The highest BCUT2D eigenvalue weighted by molar-refractivity contribution is 14.0. The maximum absolute atomic E-state index is 9.51. The molecule has 0 bridgehead atoms. The SMILES string of the molecule is CCC([NH3+])(CC)c1cccc(O)c1.CN(C)C(=O)[O-].I. The minimum atomic E-state index is -1.16. The summed E-state index contributed by atoms with van der Waals surface area (Å²) in [6, 6.07) is 7.39. The second-order valence-corrected chi connectivity index (χ2v) is 4.70. The standard InChI is InChI=1S/C11H17NO.C3H7NO2.HI/c1-3-11(12,4-2)9-6-5-7-10(13)8-9;1-4(2)3(5)6;/h5-8,13H,3-4,12H2,1-2H3;1-2H3,(H,5,6);1H. The van der Waals surface area contributed by atoms with Crippen molar-refractivity contribution in [1.82, 2.24) is 4.90 Å². The normalized spacial score (nSPS) is 9.85. The second kappa shape index (κ2) is 9.82. The Morgan fingerprint density at radius 1 is 1.35 bits per heavy atom. The minimum absolute atomic E-state index is 0. The zero-order valence-electron chi connectivity index (χ0n) is 12.5. The summed E-state index contributed by atoms with van der Waals surface area (Å²) < 4.78 is 0. The summed E-state index contributed by atoms with van der Waals surface area (Å²) in [5.41, 5.74) is 5.29. The lowest BCUT2D eigenvalue weighted by Crippen LogP contribution is -2.69. The van der Waals surface area contributed by atoms with E-state index in [0.29, 0.717) is 5.75 Å². The summed E-state index contributed by atoms with van der Waals surface area (Å²) in [7, 11) is 2.82. The molecule has 0 spiro atoms. The predicted octanol–water partition coefficient (Wildman–Crippen LogP) is 1.16. The van der Waals surface area contributed by atoms with E-state index in [1.807, 2.05) is 12.1 Å². The summed E-state index contributed by atoms with van der Waals surface area (Å²) in [6.07, 6.45) is 0.829. The molecule has 1 aromatic rings. The van der Waals surface area contributed by atoms with Crippen LogP contribution in [0.2, 0.25) is 0 Å². The van der Waals surface area contributed by atoms with Gasteiger partial charge in [-0.2, -0.15) is 0 Å². The van der Waals surface area contributed by atoms with Crippen LogP contribution in [0.3, 0.4) is 0 Å². The van der Waals surface area contributed by atoms with E-state index in [9.17, 15) is 15.0 Å². The molecule has 0 aliphatic carbocycles. The van der Waals surface area contributed by atoms with E-state index in [2.05, 4.69) is 19.6 Å². The highest BCUT2D eigenvalue weighted by Crippen LogP contribution is 2.25. The fourth-order valence-electron chi connectivity index (χ4n) is 1.49. The molecule has 0 aliphatic heterocycles. The molecule has 1 amide bonds. The van der Waals surface area contributed by atoms with Crippen molar-refractivity contribution in [3.63, 3.8) is 0 Å². The zero-order valence-corrected chi connectivity index (χ0v) is 14.9. The number of carbonyl (C=O) groups is 1. The Labute approximate surface area is 137 Å². The Morgan fingerprint density at radius 3 is 2.10 bits per heavy atom. The van der Waals surface area contributed by atoms with E-state index in [0.717, 1.165) is 23.3 Å². The number of halogens is 1. The Balaban J connectivity index is 0. The van der Waals surface area contributed by atoms with Crippen molar-refractivity contribution in [3.8, 4) is 5.75 Å². The van der Waals surface area contributed by atoms with Gasteiger partial charge in [-0.05, 0) is 12.1 Å². The highest BCUT2D eigenvalue weighted by atomic mass is 127. The van der Waals surface area contributed by atoms with Crippen molar-refractivity contribution in [3.05, 3.63) is 29.8 Å². The number of phenols is 1. The number of benzene rings is 1. The molecule has 1 rings (SSSR count). The van der Waals surface area contributed by atoms with Crippen molar-refractivity contribution < 1.29 is 20.7 Å². The van der Waals surface area contributed by atoms with E-state index >= 15 is 0 Å². The third kappa shape index (κ3) is 6.95. The summed E-state index contributed by atoms with van der Waals surface area (Å²) >= 11 is 0. The molecule has 0 radical (unpaired) electrons. The van der Waals surface area contributed by atoms with Crippen LogP contribution in [0.15, 0.2) is 24.3 Å². The van der Waals surface area contributed by atoms with Crippen LogP contribution < -0.4 is 10.8 Å². The molecule has 0 unspecified atom stereocenters. The van der Waals surface area contributed by atoms with Gasteiger partial charge in [0.1, 0.15) is 17.4 Å². The monoisotopic (exact) mass is 396 g/mol. The highest BCUT2D eigenvalue weighted by Gasteiger charge is 2.27. The van der Waals surface area contributed by atoms with Gasteiger partial charge in [-0.15, -0.1) is 24.0 Å². The molecule has 4 N–H and O–H groups in total. The van der Waals surface area contributed by atoms with Gasteiger partial charge in [-0.25, -0.2) is 0 Å². The summed E-state index contributed by atoms with van der Waals surface area (Å²) in [5, 5.41) is 18.9. The van der Waals surface area contributed by atoms with E-state index < -0.39 is 6.09 Å². The zero-order chi connectivity index (χ0) is 15.1. The number of quaternary nitrogens is 1. The molecule has 0 saturated heterocycles. The molecule has 1 aromatic carbocycles. The van der Waals surface area contributed by atoms with Crippen LogP contribution in [0, 0.1) is 0 Å². The number of carbonyl (C=O) groups excluding carboxylic acids is 1. The largest absolute Gasteiger partial charge is 0.530 e. The number of hydrogen-bond acceptors (Lipinski definition) is 3. The van der Waals surface area contributed by atoms with Gasteiger partial charge in [0.2, 0.25) is 0 Å². The third-order valence-electron chi connectivity index (χ3n) is 3.18. The average Bonchev–Trinajstić information content (AvgIpc) is 2.38. The maximum Gasteiger partial charge on any atom is 0.136 e. The molecule has 116 valence electrons. The molecule has 0 saturated carbocycles. The Morgan fingerprint density at radius 2 is 1.80 bits per heavy atom. The summed E-state index contributed by atoms with van der Waals surface area (Å²) in [4.78, 5) is 10.5. The van der Waals surface area contributed by atoms with E-state index in [1.54, 1.807) is 12.1 Å². The van der Waals surface area contributed by atoms with E-state index in [-0.39, 0.29) is 29.5 Å². The van der Waals surface area contributed by atoms with Gasteiger partial charge in [0.25, 0.3) is 0 Å². The van der Waals surface area contributed by atoms with Gasteiger partial charge in [-0.3, -0.25) is 0 Å². The minimum Gasteiger partial charge on any atom is -0.530 e. The van der Waals surface area contributed by atoms with Gasteiger partial charge >= 0.3 is 0 Å². The molecule has 0 aliphatic rings. The number of amides is 1. The van der Waals surface area contributed by atoms with Crippen LogP contribution in [0.5, 0.6) is 5.75 Å². The predicted molar refractivity (Wildman–Crippen MR) is 87.8 cm³/mol. The number of rotatable bonds is 3. The van der Waals surface area contributed by atoms with Crippen molar-refractivity contribution in [2.45, 2.75) is 32.2 Å². The van der Waals surface area contributed by atoms with Crippen LogP contribution in [-0.4, -0.2) is 30.2 Å². The fourth-order valence-corrected chi connectivity index (χ4v) is 1.49. The fraction of sp³-hybridized carbons (Fsp3) is 0.500. The van der Waals surface area contributed by atoms with Crippen LogP contribution in [0.4, 0.5) is 4.79 Å². The first-order valence-electron chi connectivity index (χ1n) is 6.30. The van der Waals surface area contributed by atoms with Crippen LogP contribution >= 0.6 is 24.0 Å². The molecule has 20 heavy (non-hydrogen) atoms. The third-order valence-corrected chi connectivity index (χ3v) is 3.18. The maximum atomic E-state index is 9.51. The first-order chi connectivity index (χ1) is 8.76. The first kappa shape index (κ1) is 21.3. The van der Waals surface area contributed by atoms with Crippen molar-refractivity contribution in [1.29, 1.82) is 0 Å². The topological polar surface area (TPSA) is 91.2 Å². The molecule has 0 fully saturated rings. The number of phenolic OH excluding ortho intramolecular Hbond substituents is 1. The van der Waals surface area contributed by atoms with Gasteiger partial charge in [0, 0.05) is 32.5 Å². The summed E-state index contributed by atoms with van der Waals surface area (Å²) in [5.74, 6) is 0.326. The van der Waals surface area contributed by atoms with Crippen LogP contribution in [0.1, 0.15) is 32.3 Å². The second-order valence-electron chi connectivity index (χ2n) is 4.70. The first-order valence-corrected chi connectivity index (χ1v) is 6.30. The Kier molecular flexibility index (Phi) is 10.4. The average molecular weight is 396 g/mol. The molecule has 5 nitrogen and oxygen atoms in total. The van der Waals surface area contributed by atoms with Crippen LogP contribution in [0.25, 0.3) is 0 Å². The molecule has 0 heterocycles. The summed E-state index contributed by atoms with van der Waals surface area (Å²) in [6.45, 7) is 4.25. The number of nitrogens with zero attached hydrogens (tertiary/aromatic N) is 1. The molecular weight excluding hydrogens is 371 g/mol. The van der Waals surface area contributed by atoms with Gasteiger partial charge < -0.3 is 25.6 Å². The van der Waals surface area contributed by atoms with E-state index in [1.165, 1.54) is 14.1 Å². The Bertz CT molecular complexity index is 407. The molecule has 6 heteroatoms. The quantitative estimate of drug-likeness (QED) is 0.752. The van der Waals surface area contributed by atoms with E-state index in [4.69, 9.17) is 0 Å². The van der Waals surface area contributed by atoms with Crippen molar-refractivity contribution in [2.75, 3.05) is 14.1 Å². The van der Waals surface area contributed by atoms with Gasteiger partial charge in [0.05, 0.1) is 0 Å². The number of hydrogen-bond donors (Lipinski definition) is 2. The van der Waals surface area contributed by atoms with Gasteiger partial charge in [0.15, 0.2) is 0 Å². The molecule has 0 atom stereocenters. The van der Waals surface area contributed by atoms with Crippen molar-refractivity contribution in [2.24, 2.45) is 0 Å². The lowest BCUT2D eigenvalue weighted by molar-refractivity contribution is -0.490. The lowest BCUT2D eigenvalue weighted by atomic mass is 9.86. The lowest BCUT2D eigenvalue weighted by Gasteiger charge is -2.23. The molecular formula is C14H25IN2O3. The van der Waals surface area contributed by atoms with Crippen molar-refractivity contribution >= 4 is 30.1 Å². The van der Waals surface area contributed by atoms with Crippen LogP contribution in [-0.2, 0) is 5.54 Å². The number of aromatic hydroxyl groups is 1. The Hall–Kier alpha value is -1.02. The molecule has 0 aromatic heterocycles. The number of carboxylic acid groups (broad SMARTS) is 1. The van der Waals surface area contributed by atoms with Gasteiger partial charge in [-0.1, -0.05) is 26.0 Å².